The molecule has 0 bridgehead atoms. The van der Waals surface area contributed by atoms with Gasteiger partial charge in [0.05, 0.1) is 4.90 Å². The molecule has 1 saturated heterocycles. The number of benzene rings is 1. The lowest BCUT2D eigenvalue weighted by Gasteiger charge is -2.34. The van der Waals surface area contributed by atoms with Crippen molar-refractivity contribution in [3.63, 3.8) is 0 Å². The Kier molecular flexibility index (Phi) is 4.82. The second kappa shape index (κ2) is 6.24. The van der Waals surface area contributed by atoms with E-state index in [2.05, 4.69) is 15.9 Å². The fraction of sp³-hybridized carbons (Fsp3) is 0.462. The van der Waals surface area contributed by atoms with Crippen molar-refractivity contribution in [2.75, 3.05) is 26.2 Å². The predicted molar refractivity (Wildman–Crippen MR) is 79.8 cm³/mol. The molecule has 0 unspecified atom stereocenters. The lowest BCUT2D eigenvalue weighted by molar-refractivity contribution is -0.132. The average molecular weight is 361 g/mol. The molecule has 1 heterocycles. The van der Waals surface area contributed by atoms with Crippen molar-refractivity contribution in [1.29, 1.82) is 0 Å². The van der Waals surface area contributed by atoms with E-state index in [9.17, 15) is 13.2 Å². The Balaban J connectivity index is 2.14. The maximum Gasteiger partial charge on any atom is 0.244 e. The van der Waals surface area contributed by atoms with Crippen LogP contribution in [0.15, 0.2) is 33.6 Å². The Bertz CT molecular complexity index is 595. The Labute approximate surface area is 127 Å². The van der Waals surface area contributed by atoms with E-state index in [1.807, 2.05) is 6.92 Å². The van der Waals surface area contributed by atoms with Crippen LogP contribution in [0.2, 0.25) is 0 Å². The topological polar surface area (TPSA) is 57.7 Å². The third-order valence-electron chi connectivity index (χ3n) is 3.35. The van der Waals surface area contributed by atoms with E-state index in [1.165, 1.54) is 4.31 Å². The zero-order chi connectivity index (χ0) is 14.8. The summed E-state index contributed by atoms with van der Waals surface area (Å²) >= 11 is 3.27. The van der Waals surface area contributed by atoms with Gasteiger partial charge in [-0.25, -0.2) is 8.42 Å². The van der Waals surface area contributed by atoms with Crippen LogP contribution in [0, 0.1) is 0 Å². The molecule has 7 heteroatoms. The minimum Gasteiger partial charge on any atom is -0.340 e. The Morgan fingerprint density at radius 3 is 2.35 bits per heavy atom. The largest absolute Gasteiger partial charge is 0.340 e. The molecule has 1 fully saturated rings. The molecule has 1 amide bonds. The van der Waals surface area contributed by atoms with Crippen LogP contribution in [0.3, 0.4) is 0 Å². The normalized spacial score (nSPS) is 17.2. The van der Waals surface area contributed by atoms with Gasteiger partial charge in [0.15, 0.2) is 0 Å². The first-order valence-corrected chi connectivity index (χ1v) is 8.72. The van der Waals surface area contributed by atoms with Crippen molar-refractivity contribution in [3.8, 4) is 0 Å². The lowest BCUT2D eigenvalue weighted by atomic mass is 10.3. The number of hydrogen-bond donors (Lipinski definition) is 0. The van der Waals surface area contributed by atoms with E-state index in [0.717, 1.165) is 0 Å². The zero-order valence-electron chi connectivity index (χ0n) is 11.3. The highest BCUT2D eigenvalue weighted by atomic mass is 79.9. The van der Waals surface area contributed by atoms with E-state index in [4.69, 9.17) is 0 Å². The van der Waals surface area contributed by atoms with Gasteiger partial charge in [-0.15, -0.1) is 0 Å². The van der Waals surface area contributed by atoms with E-state index in [0.29, 0.717) is 37.1 Å². The first-order chi connectivity index (χ1) is 9.46. The van der Waals surface area contributed by atoms with Gasteiger partial charge < -0.3 is 4.90 Å². The molecule has 1 aliphatic heterocycles. The molecule has 0 atom stereocenters. The number of rotatable bonds is 3. The SMILES string of the molecule is CCC(=O)N1CCN(S(=O)(=O)c2ccccc2Br)CC1. The molecule has 1 aliphatic rings. The summed E-state index contributed by atoms with van der Waals surface area (Å²) in [4.78, 5) is 13.6. The number of carbonyl (C=O) groups is 1. The third kappa shape index (κ3) is 3.05. The summed E-state index contributed by atoms with van der Waals surface area (Å²) in [5.41, 5.74) is 0. The number of amides is 1. The van der Waals surface area contributed by atoms with Gasteiger partial charge in [0, 0.05) is 37.1 Å². The summed E-state index contributed by atoms with van der Waals surface area (Å²) in [6.45, 7) is 3.41. The van der Waals surface area contributed by atoms with Gasteiger partial charge in [-0.2, -0.15) is 4.31 Å². The highest BCUT2D eigenvalue weighted by Gasteiger charge is 2.30. The molecule has 20 heavy (non-hydrogen) atoms. The first-order valence-electron chi connectivity index (χ1n) is 6.49. The van der Waals surface area contributed by atoms with Gasteiger partial charge in [0.1, 0.15) is 0 Å². The molecule has 0 N–H and O–H groups in total. The summed E-state index contributed by atoms with van der Waals surface area (Å²) < 4.78 is 27.1. The molecule has 110 valence electrons. The lowest BCUT2D eigenvalue weighted by Crippen LogP contribution is -2.50. The fourth-order valence-electron chi connectivity index (χ4n) is 2.19. The standard InChI is InChI=1S/C13H17BrN2O3S/c1-2-13(17)15-7-9-16(10-8-15)20(18,19)12-6-4-3-5-11(12)14/h3-6H,2,7-10H2,1H3. The number of hydrogen-bond acceptors (Lipinski definition) is 3. The molecule has 5 nitrogen and oxygen atoms in total. The molecular weight excluding hydrogens is 344 g/mol. The van der Waals surface area contributed by atoms with Crippen molar-refractivity contribution in [1.82, 2.24) is 9.21 Å². The summed E-state index contributed by atoms with van der Waals surface area (Å²) in [5, 5.41) is 0. The molecule has 0 spiro atoms. The Hall–Kier alpha value is -0.920. The van der Waals surface area contributed by atoms with Crippen LogP contribution in [-0.4, -0.2) is 49.7 Å². The van der Waals surface area contributed by atoms with Crippen molar-refractivity contribution in [2.24, 2.45) is 0 Å². The highest BCUT2D eigenvalue weighted by molar-refractivity contribution is 9.10. The Morgan fingerprint density at radius 1 is 1.20 bits per heavy atom. The van der Waals surface area contributed by atoms with Crippen LogP contribution < -0.4 is 0 Å². The minimum atomic E-state index is -3.50. The number of sulfonamides is 1. The van der Waals surface area contributed by atoms with Gasteiger partial charge in [-0.3, -0.25) is 4.79 Å². The number of piperazine rings is 1. The van der Waals surface area contributed by atoms with E-state index >= 15 is 0 Å². The highest BCUT2D eigenvalue weighted by Crippen LogP contribution is 2.25. The van der Waals surface area contributed by atoms with Gasteiger partial charge in [0.25, 0.3) is 0 Å². The fourth-order valence-corrected chi connectivity index (χ4v) is 4.58. The summed E-state index contributed by atoms with van der Waals surface area (Å²) in [6.07, 6.45) is 0.455. The molecule has 2 rings (SSSR count). The molecule has 0 aromatic heterocycles. The summed E-state index contributed by atoms with van der Waals surface area (Å²) in [7, 11) is -3.50. The van der Waals surface area contributed by atoms with Crippen LogP contribution in [0.25, 0.3) is 0 Å². The van der Waals surface area contributed by atoms with Crippen LogP contribution in [-0.2, 0) is 14.8 Å². The minimum absolute atomic E-state index is 0.0722. The second-order valence-electron chi connectivity index (χ2n) is 4.57. The predicted octanol–water partition coefficient (Wildman–Crippen LogP) is 1.69. The molecule has 0 saturated carbocycles. The van der Waals surface area contributed by atoms with Crippen molar-refractivity contribution in [2.45, 2.75) is 18.2 Å². The molecule has 0 radical (unpaired) electrons. The third-order valence-corrected chi connectivity index (χ3v) is 6.26. The van der Waals surface area contributed by atoms with Gasteiger partial charge in [0.2, 0.25) is 15.9 Å². The maximum atomic E-state index is 12.5. The zero-order valence-corrected chi connectivity index (χ0v) is 13.7. The number of carbonyl (C=O) groups excluding carboxylic acids is 1. The van der Waals surface area contributed by atoms with Gasteiger partial charge >= 0.3 is 0 Å². The van der Waals surface area contributed by atoms with Crippen molar-refractivity contribution < 1.29 is 13.2 Å². The number of nitrogens with zero attached hydrogens (tertiary/aromatic N) is 2. The van der Waals surface area contributed by atoms with Crippen LogP contribution >= 0.6 is 15.9 Å². The van der Waals surface area contributed by atoms with E-state index in [1.54, 1.807) is 29.2 Å². The molecule has 0 aliphatic carbocycles. The van der Waals surface area contributed by atoms with E-state index in [-0.39, 0.29) is 10.8 Å². The summed E-state index contributed by atoms with van der Waals surface area (Å²) in [6, 6.07) is 6.78. The first kappa shape index (κ1) is 15.5. The maximum absolute atomic E-state index is 12.5. The van der Waals surface area contributed by atoms with Gasteiger partial charge in [-0.05, 0) is 28.1 Å². The van der Waals surface area contributed by atoms with Crippen molar-refractivity contribution >= 4 is 31.9 Å². The van der Waals surface area contributed by atoms with Crippen molar-refractivity contribution in [3.05, 3.63) is 28.7 Å². The second-order valence-corrected chi connectivity index (χ2v) is 7.33. The molecule has 1 aromatic rings. The average Bonchev–Trinajstić information content (AvgIpc) is 2.47. The quantitative estimate of drug-likeness (QED) is 0.823. The number of halogens is 1. The van der Waals surface area contributed by atoms with Crippen LogP contribution in [0.1, 0.15) is 13.3 Å². The monoisotopic (exact) mass is 360 g/mol. The van der Waals surface area contributed by atoms with Crippen LogP contribution in [0.5, 0.6) is 0 Å². The van der Waals surface area contributed by atoms with E-state index < -0.39 is 10.0 Å². The van der Waals surface area contributed by atoms with Gasteiger partial charge in [-0.1, -0.05) is 19.1 Å². The smallest absolute Gasteiger partial charge is 0.244 e. The molecule has 1 aromatic carbocycles. The molecular formula is C13H17BrN2O3S. The van der Waals surface area contributed by atoms with Crippen LogP contribution in [0.4, 0.5) is 0 Å². The summed E-state index contributed by atoms with van der Waals surface area (Å²) in [5.74, 6) is 0.0722. The Morgan fingerprint density at radius 2 is 1.80 bits per heavy atom.